The van der Waals surface area contributed by atoms with E-state index in [-0.39, 0.29) is 6.42 Å². The van der Waals surface area contributed by atoms with Crippen LogP contribution in [0.25, 0.3) is 11.5 Å². The summed E-state index contributed by atoms with van der Waals surface area (Å²) in [6.45, 7) is 4.40. The molecule has 0 bridgehead atoms. The Morgan fingerprint density at radius 2 is 1.97 bits per heavy atom. The number of rotatable bonds is 11. The van der Waals surface area contributed by atoms with E-state index in [4.69, 9.17) is 18.6 Å². The van der Waals surface area contributed by atoms with Gasteiger partial charge >= 0.3 is 5.97 Å². The summed E-state index contributed by atoms with van der Waals surface area (Å²) < 4.78 is 22.4. The first-order valence-corrected chi connectivity index (χ1v) is 10.2. The van der Waals surface area contributed by atoms with Gasteiger partial charge in [0.1, 0.15) is 17.3 Å². The van der Waals surface area contributed by atoms with Crippen LogP contribution in [-0.2, 0) is 22.4 Å². The maximum Gasteiger partial charge on any atom is 0.333 e. The van der Waals surface area contributed by atoms with E-state index in [1.54, 1.807) is 32.2 Å². The summed E-state index contributed by atoms with van der Waals surface area (Å²) in [4.78, 5) is 15.9. The van der Waals surface area contributed by atoms with Crippen LogP contribution >= 0.6 is 0 Å². The first-order valence-electron chi connectivity index (χ1n) is 10.2. The quantitative estimate of drug-likeness (QED) is 0.489. The number of carboxylic acid groups (broad SMARTS) is 1. The third-order valence-electron chi connectivity index (χ3n) is 4.83. The van der Waals surface area contributed by atoms with Crippen molar-refractivity contribution in [3.8, 4) is 23.0 Å². The summed E-state index contributed by atoms with van der Waals surface area (Å²) in [6.07, 6.45) is -0.107. The van der Waals surface area contributed by atoms with E-state index < -0.39 is 12.1 Å². The molecule has 3 rings (SSSR count). The summed E-state index contributed by atoms with van der Waals surface area (Å²) in [5, 5.41) is 9.30. The molecule has 1 heterocycles. The van der Waals surface area contributed by atoms with Crippen molar-refractivity contribution in [3.63, 3.8) is 0 Å². The molecule has 0 spiro atoms. The Labute approximate surface area is 181 Å². The van der Waals surface area contributed by atoms with Gasteiger partial charge in [-0.15, -0.1) is 0 Å². The van der Waals surface area contributed by atoms with E-state index in [0.717, 1.165) is 22.6 Å². The van der Waals surface area contributed by atoms with Crippen LogP contribution in [0.4, 0.5) is 0 Å². The van der Waals surface area contributed by atoms with Gasteiger partial charge in [0.15, 0.2) is 6.10 Å². The Bertz CT molecular complexity index is 999. The smallest absolute Gasteiger partial charge is 0.333 e. The minimum absolute atomic E-state index is 0.215. The molecule has 7 nitrogen and oxygen atoms in total. The van der Waals surface area contributed by atoms with E-state index in [1.165, 1.54) is 0 Å². The van der Waals surface area contributed by atoms with Gasteiger partial charge in [0.2, 0.25) is 5.89 Å². The molecule has 1 N–H and O–H groups in total. The molecule has 0 amide bonds. The predicted molar refractivity (Wildman–Crippen MR) is 116 cm³/mol. The zero-order valence-electron chi connectivity index (χ0n) is 18.0. The fourth-order valence-electron chi connectivity index (χ4n) is 3.23. The Balaban J connectivity index is 1.62. The molecular weight excluding hydrogens is 398 g/mol. The van der Waals surface area contributed by atoms with Gasteiger partial charge < -0.3 is 23.7 Å². The van der Waals surface area contributed by atoms with E-state index in [1.807, 2.05) is 37.3 Å². The minimum Gasteiger partial charge on any atom is -0.496 e. The number of carboxylic acids is 1. The van der Waals surface area contributed by atoms with E-state index in [2.05, 4.69) is 4.98 Å². The largest absolute Gasteiger partial charge is 0.496 e. The van der Waals surface area contributed by atoms with Crippen molar-refractivity contribution in [1.82, 2.24) is 4.98 Å². The normalized spacial score (nSPS) is 11.8. The average Bonchev–Trinajstić information content (AvgIpc) is 3.15. The van der Waals surface area contributed by atoms with Crippen LogP contribution in [0.15, 0.2) is 52.9 Å². The molecule has 0 saturated heterocycles. The fourth-order valence-corrected chi connectivity index (χ4v) is 3.23. The number of aryl methyl sites for hydroxylation is 1. The van der Waals surface area contributed by atoms with Crippen molar-refractivity contribution < 1.29 is 28.5 Å². The maximum atomic E-state index is 11.4. The first-order chi connectivity index (χ1) is 15.0. The van der Waals surface area contributed by atoms with Crippen LogP contribution in [-0.4, -0.2) is 42.5 Å². The van der Waals surface area contributed by atoms with Crippen LogP contribution in [0.5, 0.6) is 11.5 Å². The number of hydrogen-bond donors (Lipinski definition) is 1. The van der Waals surface area contributed by atoms with Crippen molar-refractivity contribution in [2.75, 3.05) is 20.3 Å². The molecule has 31 heavy (non-hydrogen) atoms. The van der Waals surface area contributed by atoms with E-state index >= 15 is 0 Å². The van der Waals surface area contributed by atoms with Crippen molar-refractivity contribution in [3.05, 3.63) is 65.5 Å². The monoisotopic (exact) mass is 425 g/mol. The molecule has 0 saturated carbocycles. The van der Waals surface area contributed by atoms with E-state index in [9.17, 15) is 9.90 Å². The third-order valence-corrected chi connectivity index (χ3v) is 4.83. The summed E-state index contributed by atoms with van der Waals surface area (Å²) in [6, 6.07) is 15.1. The van der Waals surface area contributed by atoms with Crippen molar-refractivity contribution in [2.24, 2.45) is 0 Å². The van der Waals surface area contributed by atoms with Gasteiger partial charge in [-0.25, -0.2) is 9.78 Å². The van der Waals surface area contributed by atoms with Crippen LogP contribution in [0.3, 0.4) is 0 Å². The number of carbonyl (C=O) groups is 1. The molecule has 7 heteroatoms. The summed E-state index contributed by atoms with van der Waals surface area (Å²) in [7, 11) is 1.54. The van der Waals surface area contributed by atoms with Crippen molar-refractivity contribution >= 4 is 5.97 Å². The number of methoxy groups -OCH3 is 1. The standard InChI is InChI=1S/C24H27NO6/c1-4-29-22(24(26)27)14-18-10-11-19(15-21(18)28-3)30-13-12-20-16(2)31-23(25-20)17-8-6-5-7-9-17/h5-11,15,22H,4,12-14H2,1-3H3,(H,26,27). The molecule has 0 aliphatic carbocycles. The zero-order chi connectivity index (χ0) is 22.2. The second-order valence-corrected chi connectivity index (χ2v) is 6.95. The molecular formula is C24H27NO6. The number of oxazole rings is 1. The van der Waals surface area contributed by atoms with Crippen LogP contribution in [0.1, 0.15) is 23.9 Å². The second-order valence-electron chi connectivity index (χ2n) is 6.95. The van der Waals surface area contributed by atoms with Gasteiger partial charge in [0.05, 0.1) is 19.4 Å². The third kappa shape index (κ3) is 5.86. The van der Waals surface area contributed by atoms with Gasteiger partial charge in [-0.3, -0.25) is 0 Å². The molecule has 0 aliphatic rings. The van der Waals surface area contributed by atoms with Gasteiger partial charge in [-0.1, -0.05) is 24.3 Å². The van der Waals surface area contributed by atoms with Crippen molar-refractivity contribution in [1.29, 1.82) is 0 Å². The SMILES string of the molecule is CCOC(Cc1ccc(OCCc2nc(-c3ccccc3)oc2C)cc1OC)C(=O)O. The lowest BCUT2D eigenvalue weighted by Gasteiger charge is -2.16. The van der Waals surface area contributed by atoms with E-state index in [0.29, 0.717) is 37.0 Å². The molecule has 164 valence electrons. The van der Waals surface area contributed by atoms with Gasteiger partial charge in [-0.2, -0.15) is 0 Å². The highest BCUT2D eigenvalue weighted by atomic mass is 16.5. The number of aromatic nitrogens is 1. The molecule has 0 radical (unpaired) electrons. The summed E-state index contributed by atoms with van der Waals surface area (Å²) in [5.74, 6) is 1.57. The molecule has 0 aliphatic heterocycles. The van der Waals surface area contributed by atoms with Gasteiger partial charge in [-0.05, 0) is 37.6 Å². The number of ether oxygens (including phenoxy) is 3. The maximum absolute atomic E-state index is 11.4. The highest BCUT2D eigenvalue weighted by Gasteiger charge is 2.20. The Kier molecular flexibility index (Phi) is 7.67. The number of benzene rings is 2. The Hall–Kier alpha value is -3.32. The van der Waals surface area contributed by atoms with Gasteiger partial charge in [0, 0.05) is 31.1 Å². The topological polar surface area (TPSA) is 91.0 Å². The molecule has 2 aromatic carbocycles. The summed E-state index contributed by atoms with van der Waals surface area (Å²) in [5.41, 5.74) is 2.53. The highest BCUT2D eigenvalue weighted by molar-refractivity contribution is 5.73. The number of nitrogens with zero attached hydrogens (tertiary/aromatic N) is 1. The molecule has 1 aromatic heterocycles. The highest BCUT2D eigenvalue weighted by Crippen LogP contribution is 2.27. The van der Waals surface area contributed by atoms with Crippen LogP contribution in [0.2, 0.25) is 0 Å². The minimum atomic E-state index is -0.998. The molecule has 1 atom stereocenters. The number of hydrogen-bond acceptors (Lipinski definition) is 6. The molecule has 1 unspecified atom stereocenters. The second kappa shape index (κ2) is 10.6. The fraction of sp³-hybridized carbons (Fsp3) is 0.333. The Morgan fingerprint density at radius 3 is 2.65 bits per heavy atom. The molecule has 3 aromatic rings. The lowest BCUT2D eigenvalue weighted by atomic mass is 10.1. The number of aliphatic carboxylic acids is 1. The predicted octanol–water partition coefficient (Wildman–Crippen LogP) is 4.31. The zero-order valence-corrected chi connectivity index (χ0v) is 18.0. The first kappa shape index (κ1) is 22.4. The lowest BCUT2D eigenvalue weighted by molar-refractivity contribution is -0.149. The van der Waals surface area contributed by atoms with Crippen LogP contribution in [0, 0.1) is 6.92 Å². The summed E-state index contributed by atoms with van der Waals surface area (Å²) >= 11 is 0. The van der Waals surface area contributed by atoms with Gasteiger partial charge in [0.25, 0.3) is 0 Å². The lowest BCUT2D eigenvalue weighted by Crippen LogP contribution is -2.26. The average molecular weight is 425 g/mol. The molecule has 0 fully saturated rings. The van der Waals surface area contributed by atoms with Crippen molar-refractivity contribution in [2.45, 2.75) is 32.8 Å². The Morgan fingerprint density at radius 1 is 1.19 bits per heavy atom. The van der Waals surface area contributed by atoms with Crippen LogP contribution < -0.4 is 9.47 Å².